The summed E-state index contributed by atoms with van der Waals surface area (Å²) in [4.78, 5) is 0. The number of aliphatic hydroxyl groups is 3. The van der Waals surface area contributed by atoms with Crippen LogP contribution in [0.4, 0.5) is 0 Å². The SMILES string of the molecule is CCCCCCCCCCCCCCC(=S)OC[C@@H](O)[C@@H]1OC[C@H](O)[C@@H]1O. The summed E-state index contributed by atoms with van der Waals surface area (Å²) >= 11 is 5.19. The minimum Gasteiger partial charge on any atom is -0.484 e. The Morgan fingerprint density at radius 3 is 1.96 bits per heavy atom. The van der Waals surface area contributed by atoms with E-state index in [1.54, 1.807) is 0 Å². The molecule has 1 aliphatic rings. The first-order valence-electron chi connectivity index (χ1n) is 10.9. The molecule has 27 heavy (non-hydrogen) atoms. The number of rotatable bonds is 16. The predicted octanol–water partition coefficient (Wildman–Crippen LogP) is 3.90. The second-order valence-corrected chi connectivity index (χ2v) is 8.20. The Morgan fingerprint density at radius 1 is 0.963 bits per heavy atom. The number of unbranched alkanes of at least 4 members (excludes halogenated alkanes) is 11. The van der Waals surface area contributed by atoms with Gasteiger partial charge in [-0.25, -0.2) is 0 Å². The van der Waals surface area contributed by atoms with Gasteiger partial charge in [0.25, 0.3) is 0 Å². The molecular weight excluding hydrogens is 364 g/mol. The molecule has 0 aromatic carbocycles. The molecule has 0 aromatic heterocycles. The highest BCUT2D eigenvalue weighted by Gasteiger charge is 2.39. The molecular formula is C21H40O5S. The van der Waals surface area contributed by atoms with Crippen molar-refractivity contribution in [3.05, 3.63) is 0 Å². The first-order valence-corrected chi connectivity index (χ1v) is 11.3. The zero-order chi connectivity index (χ0) is 19.9. The molecule has 1 heterocycles. The Bertz CT molecular complexity index is 380. The van der Waals surface area contributed by atoms with Crippen LogP contribution in [0.2, 0.25) is 0 Å². The lowest BCUT2D eigenvalue weighted by Gasteiger charge is -2.21. The Balaban J connectivity index is 1.89. The highest BCUT2D eigenvalue weighted by Crippen LogP contribution is 2.18. The van der Waals surface area contributed by atoms with E-state index >= 15 is 0 Å². The van der Waals surface area contributed by atoms with Crippen LogP contribution < -0.4 is 0 Å². The van der Waals surface area contributed by atoms with E-state index in [0.717, 1.165) is 19.3 Å². The normalized spacial score (nSPS) is 23.5. The highest BCUT2D eigenvalue weighted by atomic mass is 32.1. The van der Waals surface area contributed by atoms with Crippen LogP contribution in [0.1, 0.15) is 90.4 Å². The Hall–Kier alpha value is -0.270. The quantitative estimate of drug-likeness (QED) is 0.267. The maximum Gasteiger partial charge on any atom is 0.159 e. The van der Waals surface area contributed by atoms with Crippen LogP contribution in [-0.4, -0.2) is 58.0 Å². The van der Waals surface area contributed by atoms with Gasteiger partial charge < -0.3 is 24.8 Å². The lowest BCUT2D eigenvalue weighted by molar-refractivity contribution is -0.0663. The van der Waals surface area contributed by atoms with E-state index in [1.165, 1.54) is 64.2 Å². The van der Waals surface area contributed by atoms with E-state index in [1.807, 2.05) is 0 Å². The molecule has 160 valence electrons. The van der Waals surface area contributed by atoms with E-state index in [2.05, 4.69) is 6.92 Å². The standard InChI is InChI=1S/C21H40O5S/c1-2-3-4-5-6-7-8-9-10-11-12-13-14-19(27)25-16-18(23)21-20(24)17(22)15-26-21/h17-18,20-24H,2-16H2,1H3/t17-,18+,20-,21-/m0/s1. The first kappa shape index (κ1) is 24.8. The number of ether oxygens (including phenoxy) is 2. The molecule has 0 saturated carbocycles. The van der Waals surface area contributed by atoms with Gasteiger partial charge in [0.15, 0.2) is 5.05 Å². The van der Waals surface area contributed by atoms with Crippen molar-refractivity contribution in [1.82, 2.24) is 0 Å². The van der Waals surface area contributed by atoms with E-state index < -0.39 is 24.4 Å². The van der Waals surface area contributed by atoms with Gasteiger partial charge in [-0.3, -0.25) is 0 Å². The smallest absolute Gasteiger partial charge is 0.159 e. The average molecular weight is 405 g/mol. The van der Waals surface area contributed by atoms with Crippen LogP contribution in [0, 0.1) is 0 Å². The maximum absolute atomic E-state index is 9.98. The lowest BCUT2D eigenvalue weighted by atomic mass is 10.0. The molecule has 1 fully saturated rings. The largest absolute Gasteiger partial charge is 0.484 e. The van der Waals surface area contributed by atoms with Gasteiger partial charge in [0, 0.05) is 6.42 Å². The van der Waals surface area contributed by atoms with Crippen LogP contribution in [0.3, 0.4) is 0 Å². The Labute approximate surface area is 170 Å². The minimum atomic E-state index is -1.08. The van der Waals surface area contributed by atoms with Crippen molar-refractivity contribution >= 4 is 17.3 Å². The summed E-state index contributed by atoms with van der Waals surface area (Å²) in [5.74, 6) is 0. The fraction of sp³-hybridized carbons (Fsp3) is 0.952. The van der Waals surface area contributed by atoms with Gasteiger partial charge in [0.2, 0.25) is 0 Å². The van der Waals surface area contributed by atoms with Crippen molar-refractivity contribution in [1.29, 1.82) is 0 Å². The molecule has 5 nitrogen and oxygen atoms in total. The second kappa shape index (κ2) is 15.6. The summed E-state index contributed by atoms with van der Waals surface area (Å²) in [6.07, 6.45) is 12.5. The molecule has 0 amide bonds. The monoisotopic (exact) mass is 404 g/mol. The number of hydrogen-bond acceptors (Lipinski definition) is 6. The lowest BCUT2D eigenvalue weighted by Crippen LogP contribution is -2.41. The first-order chi connectivity index (χ1) is 13.1. The zero-order valence-electron chi connectivity index (χ0n) is 17.0. The molecule has 1 aliphatic heterocycles. The molecule has 4 atom stereocenters. The summed E-state index contributed by atoms with van der Waals surface area (Å²) < 4.78 is 10.6. The topological polar surface area (TPSA) is 79.2 Å². The van der Waals surface area contributed by atoms with Gasteiger partial charge in [0.1, 0.15) is 31.0 Å². The fourth-order valence-corrected chi connectivity index (χ4v) is 3.63. The van der Waals surface area contributed by atoms with E-state index in [9.17, 15) is 15.3 Å². The van der Waals surface area contributed by atoms with Crippen LogP contribution in [-0.2, 0) is 9.47 Å². The van der Waals surface area contributed by atoms with Gasteiger partial charge in [-0.05, 0) is 18.6 Å². The second-order valence-electron chi connectivity index (χ2n) is 7.75. The van der Waals surface area contributed by atoms with Crippen molar-refractivity contribution in [3.63, 3.8) is 0 Å². The molecule has 0 aliphatic carbocycles. The van der Waals surface area contributed by atoms with Crippen molar-refractivity contribution in [3.8, 4) is 0 Å². The molecule has 1 saturated heterocycles. The molecule has 6 heteroatoms. The summed E-state index contributed by atoms with van der Waals surface area (Å²) in [6, 6.07) is 0. The average Bonchev–Trinajstić information content (AvgIpc) is 2.99. The molecule has 0 spiro atoms. The third kappa shape index (κ3) is 11.3. The molecule has 3 N–H and O–H groups in total. The minimum absolute atomic E-state index is 0.00840. The number of aliphatic hydroxyl groups excluding tert-OH is 3. The zero-order valence-corrected chi connectivity index (χ0v) is 17.8. The van der Waals surface area contributed by atoms with E-state index in [4.69, 9.17) is 21.7 Å². The fourth-order valence-electron chi connectivity index (χ4n) is 3.42. The summed E-state index contributed by atoms with van der Waals surface area (Å²) in [5.41, 5.74) is 0. The molecule has 0 radical (unpaired) electrons. The van der Waals surface area contributed by atoms with Gasteiger partial charge in [-0.15, -0.1) is 0 Å². The Morgan fingerprint density at radius 2 is 1.48 bits per heavy atom. The molecule has 1 rings (SSSR count). The molecule has 0 aromatic rings. The van der Waals surface area contributed by atoms with Crippen molar-refractivity contribution in [2.75, 3.05) is 13.2 Å². The van der Waals surface area contributed by atoms with Crippen molar-refractivity contribution in [2.45, 2.75) is 115 Å². The van der Waals surface area contributed by atoms with Crippen LogP contribution in [0.15, 0.2) is 0 Å². The highest BCUT2D eigenvalue weighted by molar-refractivity contribution is 7.80. The van der Waals surface area contributed by atoms with Gasteiger partial charge in [-0.2, -0.15) is 0 Å². The number of thiocarbonyl (C=S) groups is 1. The van der Waals surface area contributed by atoms with Gasteiger partial charge in [0.05, 0.1) is 6.61 Å². The Kier molecular flexibility index (Phi) is 14.3. The molecule has 0 bridgehead atoms. The molecule has 0 unspecified atom stereocenters. The number of hydrogen-bond donors (Lipinski definition) is 3. The van der Waals surface area contributed by atoms with Crippen LogP contribution in [0.5, 0.6) is 0 Å². The summed E-state index contributed by atoms with van der Waals surface area (Å²) in [5, 5.41) is 29.6. The van der Waals surface area contributed by atoms with E-state index in [-0.39, 0.29) is 13.2 Å². The van der Waals surface area contributed by atoms with Crippen molar-refractivity contribution < 1.29 is 24.8 Å². The summed E-state index contributed by atoms with van der Waals surface area (Å²) in [7, 11) is 0. The van der Waals surface area contributed by atoms with E-state index in [0.29, 0.717) is 5.05 Å². The third-order valence-electron chi connectivity index (χ3n) is 5.22. The summed E-state index contributed by atoms with van der Waals surface area (Å²) in [6.45, 7) is 2.28. The third-order valence-corrected chi connectivity index (χ3v) is 5.54. The van der Waals surface area contributed by atoms with Gasteiger partial charge >= 0.3 is 0 Å². The van der Waals surface area contributed by atoms with Crippen molar-refractivity contribution in [2.24, 2.45) is 0 Å². The van der Waals surface area contributed by atoms with Crippen LogP contribution in [0.25, 0.3) is 0 Å². The maximum atomic E-state index is 9.98. The van der Waals surface area contributed by atoms with Crippen LogP contribution >= 0.6 is 12.2 Å². The predicted molar refractivity (Wildman–Crippen MR) is 112 cm³/mol. The van der Waals surface area contributed by atoms with Gasteiger partial charge in [-0.1, -0.05) is 77.6 Å².